The largest absolute Gasteiger partial charge is 0.354 e. The summed E-state index contributed by atoms with van der Waals surface area (Å²) in [5.74, 6) is -0.0716. The SMILES string of the molecule is Cc1ccccc1C1(CNC(=O)N[C@H]2CCCCNC2=O)CC1. The topological polar surface area (TPSA) is 70.2 Å². The van der Waals surface area contributed by atoms with E-state index in [1.54, 1.807) is 0 Å². The number of benzene rings is 1. The number of carbonyl (C=O) groups is 2. The van der Waals surface area contributed by atoms with Gasteiger partial charge in [0.25, 0.3) is 0 Å². The summed E-state index contributed by atoms with van der Waals surface area (Å²) < 4.78 is 0. The van der Waals surface area contributed by atoms with Crippen LogP contribution < -0.4 is 16.0 Å². The number of carbonyl (C=O) groups excluding carboxylic acids is 2. The molecule has 0 aromatic heterocycles. The van der Waals surface area contributed by atoms with Crippen LogP contribution >= 0.6 is 0 Å². The van der Waals surface area contributed by atoms with Crippen molar-refractivity contribution in [3.8, 4) is 0 Å². The summed E-state index contributed by atoms with van der Waals surface area (Å²) in [6.07, 6.45) is 4.84. The van der Waals surface area contributed by atoms with Crippen molar-refractivity contribution in [2.45, 2.75) is 50.5 Å². The van der Waals surface area contributed by atoms with E-state index in [1.807, 2.05) is 6.07 Å². The number of urea groups is 1. The Balaban J connectivity index is 1.55. The molecule has 5 nitrogen and oxygen atoms in total. The van der Waals surface area contributed by atoms with Gasteiger partial charge in [0.05, 0.1) is 0 Å². The first-order valence-corrected chi connectivity index (χ1v) is 8.49. The van der Waals surface area contributed by atoms with Gasteiger partial charge in [-0.15, -0.1) is 0 Å². The molecule has 2 aliphatic rings. The van der Waals surface area contributed by atoms with Crippen molar-refractivity contribution >= 4 is 11.9 Å². The predicted molar refractivity (Wildman–Crippen MR) is 89.3 cm³/mol. The average molecular weight is 315 g/mol. The Morgan fingerprint density at radius 3 is 2.83 bits per heavy atom. The van der Waals surface area contributed by atoms with E-state index in [1.165, 1.54) is 11.1 Å². The minimum atomic E-state index is -0.411. The molecule has 0 bridgehead atoms. The molecule has 23 heavy (non-hydrogen) atoms. The maximum absolute atomic E-state index is 12.2. The molecule has 0 unspecified atom stereocenters. The monoisotopic (exact) mass is 315 g/mol. The number of hydrogen-bond acceptors (Lipinski definition) is 2. The van der Waals surface area contributed by atoms with Crippen molar-refractivity contribution in [1.82, 2.24) is 16.0 Å². The second-order valence-electron chi connectivity index (χ2n) is 6.76. The summed E-state index contributed by atoms with van der Waals surface area (Å²) in [5, 5.41) is 8.62. The summed E-state index contributed by atoms with van der Waals surface area (Å²) in [7, 11) is 0. The summed E-state index contributed by atoms with van der Waals surface area (Å²) in [6.45, 7) is 3.44. The molecule has 1 aliphatic heterocycles. The molecular formula is C18H25N3O2. The van der Waals surface area contributed by atoms with Gasteiger partial charge in [-0.2, -0.15) is 0 Å². The molecule has 3 amide bonds. The van der Waals surface area contributed by atoms with E-state index < -0.39 is 6.04 Å². The van der Waals surface area contributed by atoms with E-state index in [4.69, 9.17) is 0 Å². The molecule has 1 aromatic rings. The molecule has 5 heteroatoms. The number of amides is 3. The minimum Gasteiger partial charge on any atom is -0.354 e. The molecule has 1 aromatic carbocycles. The lowest BCUT2D eigenvalue weighted by molar-refractivity contribution is -0.122. The quantitative estimate of drug-likeness (QED) is 0.795. The first-order chi connectivity index (χ1) is 11.1. The highest BCUT2D eigenvalue weighted by atomic mass is 16.2. The Bertz CT molecular complexity index is 596. The fourth-order valence-electron chi connectivity index (χ4n) is 3.40. The first-order valence-electron chi connectivity index (χ1n) is 8.49. The third-order valence-electron chi connectivity index (χ3n) is 5.00. The third kappa shape index (κ3) is 3.66. The molecule has 1 heterocycles. The molecule has 124 valence electrons. The molecular weight excluding hydrogens is 290 g/mol. The van der Waals surface area contributed by atoms with Crippen molar-refractivity contribution < 1.29 is 9.59 Å². The van der Waals surface area contributed by atoms with Gasteiger partial charge in [-0.05, 0) is 50.2 Å². The average Bonchev–Trinajstić information content (AvgIpc) is 3.34. The van der Waals surface area contributed by atoms with Gasteiger partial charge in [0.1, 0.15) is 6.04 Å². The van der Waals surface area contributed by atoms with Crippen LogP contribution in [0, 0.1) is 6.92 Å². The molecule has 1 saturated heterocycles. The van der Waals surface area contributed by atoms with Crippen LogP contribution in [0.15, 0.2) is 24.3 Å². The van der Waals surface area contributed by atoms with Crippen LogP contribution in [0.3, 0.4) is 0 Å². The van der Waals surface area contributed by atoms with Crippen LogP contribution in [0.25, 0.3) is 0 Å². The minimum absolute atomic E-state index is 0.0716. The highest BCUT2D eigenvalue weighted by Gasteiger charge is 2.45. The fourth-order valence-corrected chi connectivity index (χ4v) is 3.40. The molecule has 3 N–H and O–H groups in total. The zero-order valence-electron chi connectivity index (χ0n) is 13.7. The molecule has 1 atom stereocenters. The van der Waals surface area contributed by atoms with Crippen LogP contribution in [-0.2, 0) is 10.2 Å². The second kappa shape index (κ2) is 6.60. The molecule has 0 radical (unpaired) electrons. The van der Waals surface area contributed by atoms with Gasteiger partial charge < -0.3 is 16.0 Å². The lowest BCUT2D eigenvalue weighted by Gasteiger charge is -2.21. The lowest BCUT2D eigenvalue weighted by atomic mass is 9.92. The maximum Gasteiger partial charge on any atom is 0.315 e. The fraction of sp³-hybridized carbons (Fsp3) is 0.556. The van der Waals surface area contributed by atoms with Crippen molar-refractivity contribution in [3.05, 3.63) is 35.4 Å². The van der Waals surface area contributed by atoms with E-state index in [0.29, 0.717) is 19.5 Å². The summed E-state index contributed by atoms with van der Waals surface area (Å²) >= 11 is 0. The van der Waals surface area contributed by atoms with E-state index in [-0.39, 0.29) is 17.4 Å². The highest BCUT2D eigenvalue weighted by Crippen LogP contribution is 2.48. The summed E-state index contributed by atoms with van der Waals surface area (Å²) in [5.41, 5.74) is 2.68. The highest BCUT2D eigenvalue weighted by molar-refractivity contribution is 5.87. The van der Waals surface area contributed by atoms with Gasteiger partial charge in [-0.3, -0.25) is 4.79 Å². The Kier molecular flexibility index (Phi) is 4.55. The van der Waals surface area contributed by atoms with E-state index in [9.17, 15) is 9.59 Å². The standard InChI is InChI=1S/C18H25N3O2/c1-13-6-2-3-7-14(13)18(9-10-18)12-20-17(23)21-15-8-4-5-11-19-16(15)22/h2-3,6-7,15H,4-5,8-12H2,1H3,(H,19,22)(H2,20,21,23)/t15-/m0/s1. The van der Waals surface area contributed by atoms with E-state index in [2.05, 4.69) is 41.1 Å². The third-order valence-corrected chi connectivity index (χ3v) is 5.00. The van der Waals surface area contributed by atoms with Crippen LogP contribution in [0.1, 0.15) is 43.2 Å². The van der Waals surface area contributed by atoms with Crippen LogP contribution in [0.4, 0.5) is 4.79 Å². The smallest absolute Gasteiger partial charge is 0.315 e. The summed E-state index contributed by atoms with van der Waals surface area (Å²) in [4.78, 5) is 24.0. The maximum atomic E-state index is 12.2. The van der Waals surface area contributed by atoms with Gasteiger partial charge in [-0.1, -0.05) is 24.3 Å². The van der Waals surface area contributed by atoms with Gasteiger partial charge in [-0.25, -0.2) is 4.79 Å². The Hall–Kier alpha value is -2.04. The number of hydrogen-bond donors (Lipinski definition) is 3. The van der Waals surface area contributed by atoms with Gasteiger partial charge in [0.2, 0.25) is 5.91 Å². The van der Waals surface area contributed by atoms with Crippen molar-refractivity contribution in [2.24, 2.45) is 0 Å². The lowest BCUT2D eigenvalue weighted by Crippen LogP contribution is -2.50. The zero-order valence-corrected chi connectivity index (χ0v) is 13.7. The van der Waals surface area contributed by atoms with Crippen LogP contribution in [-0.4, -0.2) is 31.1 Å². The van der Waals surface area contributed by atoms with Crippen LogP contribution in [0.2, 0.25) is 0 Å². The van der Waals surface area contributed by atoms with E-state index in [0.717, 1.165) is 25.7 Å². The molecule has 1 aliphatic carbocycles. The zero-order chi connectivity index (χ0) is 16.3. The van der Waals surface area contributed by atoms with Crippen molar-refractivity contribution in [2.75, 3.05) is 13.1 Å². The number of aryl methyl sites for hydroxylation is 1. The Morgan fingerprint density at radius 2 is 2.09 bits per heavy atom. The predicted octanol–water partition coefficient (Wildman–Crippen LogP) is 1.99. The van der Waals surface area contributed by atoms with E-state index >= 15 is 0 Å². The Morgan fingerprint density at radius 1 is 1.30 bits per heavy atom. The molecule has 0 spiro atoms. The molecule has 3 rings (SSSR count). The normalized spacial score (nSPS) is 22.7. The first kappa shape index (κ1) is 15.8. The van der Waals surface area contributed by atoms with Crippen molar-refractivity contribution in [3.63, 3.8) is 0 Å². The molecule has 2 fully saturated rings. The van der Waals surface area contributed by atoms with Crippen LogP contribution in [0.5, 0.6) is 0 Å². The second-order valence-corrected chi connectivity index (χ2v) is 6.76. The van der Waals surface area contributed by atoms with Gasteiger partial charge in [0, 0.05) is 18.5 Å². The molecule has 1 saturated carbocycles. The van der Waals surface area contributed by atoms with Gasteiger partial charge >= 0.3 is 6.03 Å². The van der Waals surface area contributed by atoms with Crippen molar-refractivity contribution in [1.29, 1.82) is 0 Å². The summed E-state index contributed by atoms with van der Waals surface area (Å²) in [6, 6.07) is 7.71. The van der Waals surface area contributed by atoms with Gasteiger partial charge in [0.15, 0.2) is 0 Å². The number of rotatable bonds is 4. The Labute approximate surface area is 137 Å². The number of nitrogens with one attached hydrogen (secondary N) is 3.